The average Bonchev–Trinajstić information content (AvgIpc) is 2.76. The Morgan fingerprint density at radius 1 is 1.06 bits per heavy atom. The topological polar surface area (TPSA) is 126 Å². The molecule has 0 saturated heterocycles. The first-order chi connectivity index (χ1) is 15.5. The number of aromatic amines is 2. The molecule has 0 fully saturated rings. The van der Waals surface area contributed by atoms with Gasteiger partial charge in [-0.3, -0.25) is 14.6 Å². The molecule has 3 rings (SSSR count). The normalized spacial score (nSPS) is 10.8. The van der Waals surface area contributed by atoms with Crippen LogP contribution in [0.1, 0.15) is 29.3 Å². The predicted molar refractivity (Wildman–Crippen MR) is 120 cm³/mol. The molecule has 0 bridgehead atoms. The lowest BCUT2D eigenvalue weighted by Crippen LogP contribution is -2.30. The highest BCUT2D eigenvalue weighted by molar-refractivity contribution is 5.84. The minimum atomic E-state index is -0.615. The summed E-state index contributed by atoms with van der Waals surface area (Å²) in [7, 11) is 0. The number of hydrogen-bond donors (Lipinski definition) is 3. The zero-order valence-electron chi connectivity index (χ0n) is 17.8. The summed E-state index contributed by atoms with van der Waals surface area (Å²) in [4.78, 5) is 39.8. The van der Waals surface area contributed by atoms with Gasteiger partial charge in [-0.05, 0) is 43.2 Å². The molecule has 1 amide bonds. The number of aromatic nitrogens is 2. The average molecular weight is 436 g/mol. The van der Waals surface area contributed by atoms with E-state index in [1.54, 1.807) is 25.1 Å². The van der Waals surface area contributed by atoms with Crippen LogP contribution in [0.4, 0.5) is 0 Å². The van der Waals surface area contributed by atoms with Gasteiger partial charge in [0, 0.05) is 11.3 Å². The van der Waals surface area contributed by atoms with Gasteiger partial charge in [-0.2, -0.15) is 5.10 Å². The Morgan fingerprint density at radius 3 is 2.56 bits per heavy atom. The number of nitrogens with zero attached hydrogens (tertiary/aromatic N) is 1. The molecule has 3 aromatic rings. The van der Waals surface area contributed by atoms with Gasteiger partial charge in [-0.1, -0.05) is 30.3 Å². The number of H-pyrrole nitrogens is 2. The fraction of sp³-hybridized carbons (Fsp3) is 0.217. The number of amides is 1. The van der Waals surface area contributed by atoms with Gasteiger partial charge in [0.25, 0.3) is 5.56 Å². The van der Waals surface area contributed by atoms with E-state index in [0.29, 0.717) is 36.0 Å². The molecule has 0 saturated carbocycles. The standard InChI is InChI=1S/C23H24N4O5/c1-3-31-20-11-17(9-10-19(20)32-14-16-7-5-4-6-8-16)13-24-27-21(28)12-18-15(2)25-23(30)26-22(18)29/h4-11,13H,3,12,14H2,1-2H3,(H,27,28)(H2,25,26,29,30)/b24-13-. The summed E-state index contributed by atoms with van der Waals surface area (Å²) in [6.45, 7) is 4.31. The molecular weight excluding hydrogens is 412 g/mol. The number of ether oxygens (including phenoxy) is 2. The molecule has 1 heterocycles. The van der Waals surface area contributed by atoms with E-state index in [2.05, 4.69) is 20.5 Å². The van der Waals surface area contributed by atoms with Gasteiger partial charge in [0.2, 0.25) is 5.91 Å². The number of carbonyl (C=O) groups excluding carboxylic acids is 1. The molecule has 9 nitrogen and oxygen atoms in total. The zero-order chi connectivity index (χ0) is 22.9. The Morgan fingerprint density at radius 2 is 1.84 bits per heavy atom. The van der Waals surface area contributed by atoms with Crippen LogP contribution in [0.3, 0.4) is 0 Å². The van der Waals surface area contributed by atoms with Crippen molar-refractivity contribution in [1.29, 1.82) is 0 Å². The van der Waals surface area contributed by atoms with Gasteiger partial charge in [0.05, 0.1) is 19.2 Å². The van der Waals surface area contributed by atoms with Crippen LogP contribution in [0.25, 0.3) is 0 Å². The summed E-state index contributed by atoms with van der Waals surface area (Å²) in [6, 6.07) is 15.1. The van der Waals surface area contributed by atoms with Crippen molar-refractivity contribution in [3.63, 3.8) is 0 Å². The van der Waals surface area contributed by atoms with Crippen LogP contribution in [0, 0.1) is 6.92 Å². The van der Waals surface area contributed by atoms with Crippen LogP contribution >= 0.6 is 0 Å². The Labute approximate surface area is 184 Å². The number of hydrazone groups is 1. The summed E-state index contributed by atoms with van der Waals surface area (Å²) in [5.41, 5.74) is 3.41. The zero-order valence-corrected chi connectivity index (χ0v) is 17.8. The number of rotatable bonds is 9. The quantitative estimate of drug-likeness (QED) is 0.350. The molecule has 1 aromatic heterocycles. The molecule has 2 aromatic carbocycles. The van der Waals surface area contributed by atoms with Crippen LogP contribution in [0.15, 0.2) is 63.2 Å². The van der Waals surface area contributed by atoms with E-state index in [4.69, 9.17) is 9.47 Å². The van der Waals surface area contributed by atoms with E-state index < -0.39 is 17.2 Å². The number of nitrogens with one attached hydrogen (secondary N) is 3. The second kappa shape index (κ2) is 10.8. The lowest BCUT2D eigenvalue weighted by Gasteiger charge is -2.12. The molecule has 0 unspecified atom stereocenters. The highest BCUT2D eigenvalue weighted by Crippen LogP contribution is 2.28. The lowest BCUT2D eigenvalue weighted by atomic mass is 10.1. The van der Waals surface area contributed by atoms with E-state index in [9.17, 15) is 14.4 Å². The predicted octanol–water partition coefficient (Wildman–Crippen LogP) is 2.04. The van der Waals surface area contributed by atoms with E-state index in [-0.39, 0.29) is 12.0 Å². The van der Waals surface area contributed by atoms with Crippen LogP contribution in [-0.2, 0) is 17.8 Å². The summed E-state index contributed by atoms with van der Waals surface area (Å²) in [5.74, 6) is 0.675. The number of hydrogen-bond acceptors (Lipinski definition) is 6. The second-order valence-corrected chi connectivity index (χ2v) is 6.90. The minimum Gasteiger partial charge on any atom is -0.490 e. The Hall–Kier alpha value is -4.14. The van der Waals surface area contributed by atoms with Gasteiger partial charge >= 0.3 is 5.69 Å². The highest BCUT2D eigenvalue weighted by atomic mass is 16.5. The monoisotopic (exact) mass is 436 g/mol. The summed E-state index contributed by atoms with van der Waals surface area (Å²) in [6.07, 6.45) is 1.25. The van der Waals surface area contributed by atoms with Crippen molar-refractivity contribution >= 4 is 12.1 Å². The van der Waals surface area contributed by atoms with E-state index >= 15 is 0 Å². The smallest absolute Gasteiger partial charge is 0.325 e. The molecular formula is C23H24N4O5. The van der Waals surface area contributed by atoms with E-state index in [1.807, 2.05) is 37.3 Å². The first-order valence-corrected chi connectivity index (χ1v) is 10.0. The van der Waals surface area contributed by atoms with Gasteiger partial charge in [-0.25, -0.2) is 10.2 Å². The van der Waals surface area contributed by atoms with Crippen molar-refractivity contribution in [2.75, 3.05) is 6.61 Å². The first kappa shape index (κ1) is 22.5. The Kier molecular flexibility index (Phi) is 7.58. The third-order valence-corrected chi connectivity index (χ3v) is 4.50. The molecule has 0 radical (unpaired) electrons. The highest BCUT2D eigenvalue weighted by Gasteiger charge is 2.11. The molecule has 32 heavy (non-hydrogen) atoms. The maximum absolute atomic E-state index is 12.1. The largest absolute Gasteiger partial charge is 0.490 e. The molecule has 0 spiro atoms. The third-order valence-electron chi connectivity index (χ3n) is 4.50. The summed E-state index contributed by atoms with van der Waals surface area (Å²) < 4.78 is 11.5. The van der Waals surface area contributed by atoms with Crippen LogP contribution < -0.4 is 26.1 Å². The SMILES string of the molecule is CCOc1cc(/C=N\NC(=O)Cc2c(C)[nH]c(=O)[nH]c2=O)ccc1OCc1ccccc1. The lowest BCUT2D eigenvalue weighted by molar-refractivity contribution is -0.120. The van der Waals surface area contributed by atoms with Crippen molar-refractivity contribution in [2.45, 2.75) is 26.9 Å². The van der Waals surface area contributed by atoms with Gasteiger partial charge in [0.1, 0.15) is 6.61 Å². The molecule has 0 atom stereocenters. The van der Waals surface area contributed by atoms with Crippen molar-refractivity contribution in [3.05, 3.63) is 91.8 Å². The van der Waals surface area contributed by atoms with Crippen molar-refractivity contribution in [3.8, 4) is 11.5 Å². The van der Waals surface area contributed by atoms with Gasteiger partial charge in [0.15, 0.2) is 11.5 Å². The second-order valence-electron chi connectivity index (χ2n) is 6.90. The fourth-order valence-corrected chi connectivity index (χ4v) is 2.95. The van der Waals surface area contributed by atoms with Gasteiger partial charge < -0.3 is 14.5 Å². The summed E-state index contributed by atoms with van der Waals surface area (Å²) >= 11 is 0. The Balaban J connectivity index is 1.63. The first-order valence-electron chi connectivity index (χ1n) is 10.0. The Bertz CT molecular complexity index is 1220. The van der Waals surface area contributed by atoms with Gasteiger partial charge in [-0.15, -0.1) is 0 Å². The van der Waals surface area contributed by atoms with Crippen molar-refractivity contribution in [1.82, 2.24) is 15.4 Å². The maximum atomic E-state index is 12.1. The minimum absolute atomic E-state index is 0.177. The van der Waals surface area contributed by atoms with Crippen molar-refractivity contribution in [2.24, 2.45) is 5.10 Å². The molecule has 0 aliphatic heterocycles. The molecule has 0 aliphatic carbocycles. The fourth-order valence-electron chi connectivity index (χ4n) is 2.95. The molecule has 166 valence electrons. The van der Waals surface area contributed by atoms with E-state index in [0.717, 1.165) is 5.56 Å². The maximum Gasteiger partial charge on any atom is 0.325 e. The molecule has 3 N–H and O–H groups in total. The number of carbonyl (C=O) groups is 1. The van der Waals surface area contributed by atoms with E-state index in [1.165, 1.54) is 6.21 Å². The molecule has 0 aliphatic rings. The number of benzene rings is 2. The third kappa shape index (κ3) is 6.18. The summed E-state index contributed by atoms with van der Waals surface area (Å²) in [5, 5.41) is 3.93. The van der Waals surface area contributed by atoms with Crippen molar-refractivity contribution < 1.29 is 14.3 Å². The number of aryl methyl sites for hydroxylation is 1. The van der Waals surface area contributed by atoms with Crippen LogP contribution in [-0.4, -0.2) is 28.7 Å². The van der Waals surface area contributed by atoms with Crippen LogP contribution in [0.5, 0.6) is 11.5 Å². The molecule has 9 heteroatoms. The van der Waals surface area contributed by atoms with Crippen LogP contribution in [0.2, 0.25) is 0 Å².